The predicted octanol–water partition coefficient (Wildman–Crippen LogP) is 2.15. The van der Waals surface area contributed by atoms with Gasteiger partial charge in [0.15, 0.2) is 5.78 Å². The SMILES string of the molecule is CCc1ccc(C(=O)CCC(=O)NCCSCC(=O)O)cc1. The van der Waals surface area contributed by atoms with E-state index in [1.807, 2.05) is 12.1 Å². The minimum absolute atomic E-state index is 0.0299. The average Bonchev–Trinajstić information content (AvgIpc) is 2.52. The standard InChI is InChI=1S/C16H21NO4S/c1-2-12-3-5-13(6-4-12)14(18)7-8-15(19)17-9-10-22-11-16(20)21/h3-6H,2,7-11H2,1H3,(H,17,19)(H,20,21). The van der Waals surface area contributed by atoms with Crippen molar-refractivity contribution in [2.45, 2.75) is 26.2 Å². The zero-order valence-electron chi connectivity index (χ0n) is 12.6. The Hall–Kier alpha value is -1.82. The normalized spacial score (nSPS) is 10.2. The number of carboxylic acid groups (broad SMARTS) is 1. The molecule has 1 amide bonds. The number of aliphatic carboxylic acids is 1. The van der Waals surface area contributed by atoms with Crippen molar-refractivity contribution in [3.63, 3.8) is 0 Å². The van der Waals surface area contributed by atoms with Gasteiger partial charge in [-0.15, -0.1) is 11.8 Å². The molecule has 0 aliphatic rings. The fraction of sp³-hybridized carbons (Fsp3) is 0.438. The van der Waals surface area contributed by atoms with Gasteiger partial charge in [-0.3, -0.25) is 14.4 Å². The van der Waals surface area contributed by atoms with Gasteiger partial charge in [-0.05, 0) is 12.0 Å². The molecule has 1 rings (SSSR count). The number of amides is 1. The van der Waals surface area contributed by atoms with E-state index in [1.165, 1.54) is 17.3 Å². The number of thioether (sulfide) groups is 1. The summed E-state index contributed by atoms with van der Waals surface area (Å²) in [5, 5.41) is 11.1. The Kier molecular flexibility index (Phi) is 8.28. The van der Waals surface area contributed by atoms with Gasteiger partial charge in [-0.25, -0.2) is 0 Å². The summed E-state index contributed by atoms with van der Waals surface area (Å²) in [6.45, 7) is 2.46. The molecule has 1 aromatic carbocycles. The summed E-state index contributed by atoms with van der Waals surface area (Å²) in [4.78, 5) is 33.8. The minimum Gasteiger partial charge on any atom is -0.481 e. The Labute approximate surface area is 134 Å². The predicted molar refractivity (Wildman–Crippen MR) is 87.4 cm³/mol. The lowest BCUT2D eigenvalue weighted by Gasteiger charge is -2.05. The highest BCUT2D eigenvalue weighted by Crippen LogP contribution is 2.08. The molecule has 0 saturated heterocycles. The Bertz CT molecular complexity index is 513. The quantitative estimate of drug-likeness (QED) is 0.509. The van der Waals surface area contributed by atoms with E-state index in [1.54, 1.807) is 12.1 Å². The van der Waals surface area contributed by atoms with Crippen LogP contribution < -0.4 is 5.32 Å². The summed E-state index contributed by atoms with van der Waals surface area (Å²) in [7, 11) is 0. The fourth-order valence-corrected chi connectivity index (χ4v) is 2.37. The topological polar surface area (TPSA) is 83.5 Å². The van der Waals surface area contributed by atoms with E-state index in [-0.39, 0.29) is 30.3 Å². The molecule has 0 saturated carbocycles. The summed E-state index contributed by atoms with van der Waals surface area (Å²) in [5.41, 5.74) is 1.80. The second-order valence-electron chi connectivity index (χ2n) is 4.77. The molecule has 0 atom stereocenters. The summed E-state index contributed by atoms with van der Waals surface area (Å²) in [6, 6.07) is 7.43. The molecule has 0 radical (unpaired) electrons. The summed E-state index contributed by atoms with van der Waals surface area (Å²) < 4.78 is 0. The summed E-state index contributed by atoms with van der Waals surface area (Å²) >= 11 is 1.25. The highest BCUT2D eigenvalue weighted by Gasteiger charge is 2.09. The van der Waals surface area contributed by atoms with Crippen molar-refractivity contribution in [2.24, 2.45) is 0 Å². The number of hydrogen-bond donors (Lipinski definition) is 2. The maximum atomic E-state index is 12.0. The molecule has 2 N–H and O–H groups in total. The maximum absolute atomic E-state index is 12.0. The van der Waals surface area contributed by atoms with Crippen LogP contribution in [0.2, 0.25) is 0 Å². The van der Waals surface area contributed by atoms with Crippen molar-refractivity contribution in [1.29, 1.82) is 0 Å². The van der Waals surface area contributed by atoms with E-state index in [0.29, 0.717) is 17.9 Å². The second kappa shape index (κ2) is 10.00. The van der Waals surface area contributed by atoms with Gasteiger partial charge in [0.25, 0.3) is 0 Å². The van der Waals surface area contributed by atoms with Crippen LogP contribution >= 0.6 is 11.8 Å². The zero-order valence-corrected chi connectivity index (χ0v) is 13.4. The molecule has 0 aliphatic heterocycles. The lowest BCUT2D eigenvalue weighted by molar-refractivity contribution is -0.133. The van der Waals surface area contributed by atoms with Crippen LogP contribution in [0.4, 0.5) is 0 Å². The van der Waals surface area contributed by atoms with Crippen LogP contribution in [0.25, 0.3) is 0 Å². The van der Waals surface area contributed by atoms with Crippen molar-refractivity contribution >= 4 is 29.4 Å². The highest BCUT2D eigenvalue weighted by molar-refractivity contribution is 7.99. The largest absolute Gasteiger partial charge is 0.481 e. The first-order valence-electron chi connectivity index (χ1n) is 7.21. The first-order valence-corrected chi connectivity index (χ1v) is 8.36. The third kappa shape index (κ3) is 7.26. The summed E-state index contributed by atoms with van der Waals surface area (Å²) in [6.07, 6.45) is 1.26. The van der Waals surface area contributed by atoms with Gasteiger partial charge >= 0.3 is 5.97 Å². The Morgan fingerprint density at radius 2 is 1.82 bits per heavy atom. The number of rotatable bonds is 10. The van der Waals surface area contributed by atoms with Crippen molar-refractivity contribution in [3.8, 4) is 0 Å². The first-order chi connectivity index (χ1) is 10.5. The molecule has 120 valence electrons. The molecule has 5 nitrogen and oxygen atoms in total. The number of carbonyl (C=O) groups excluding carboxylic acids is 2. The molecule has 0 spiro atoms. The molecule has 0 fully saturated rings. The Morgan fingerprint density at radius 1 is 1.14 bits per heavy atom. The molecule has 1 aromatic rings. The molecule has 0 aliphatic carbocycles. The maximum Gasteiger partial charge on any atom is 0.313 e. The molecular weight excluding hydrogens is 302 g/mol. The zero-order chi connectivity index (χ0) is 16.4. The number of nitrogens with one attached hydrogen (secondary N) is 1. The molecular formula is C16H21NO4S. The van der Waals surface area contributed by atoms with Crippen LogP contribution in [0.5, 0.6) is 0 Å². The van der Waals surface area contributed by atoms with Crippen LogP contribution in [-0.4, -0.2) is 40.8 Å². The van der Waals surface area contributed by atoms with Crippen molar-refractivity contribution < 1.29 is 19.5 Å². The van der Waals surface area contributed by atoms with E-state index in [9.17, 15) is 14.4 Å². The van der Waals surface area contributed by atoms with Gasteiger partial charge in [0.05, 0.1) is 5.75 Å². The first kappa shape index (κ1) is 18.2. The number of ketones is 1. The van der Waals surface area contributed by atoms with Gasteiger partial charge < -0.3 is 10.4 Å². The lowest BCUT2D eigenvalue weighted by atomic mass is 10.0. The number of aryl methyl sites for hydroxylation is 1. The minimum atomic E-state index is -0.865. The van der Waals surface area contributed by atoms with Crippen molar-refractivity contribution in [3.05, 3.63) is 35.4 Å². The lowest BCUT2D eigenvalue weighted by Crippen LogP contribution is -2.26. The smallest absolute Gasteiger partial charge is 0.313 e. The van der Waals surface area contributed by atoms with Crippen LogP contribution in [0.1, 0.15) is 35.7 Å². The average molecular weight is 323 g/mol. The molecule has 0 heterocycles. The van der Waals surface area contributed by atoms with Gasteiger partial charge in [0.1, 0.15) is 0 Å². The monoisotopic (exact) mass is 323 g/mol. The third-order valence-corrected chi connectivity index (χ3v) is 4.00. The van der Waals surface area contributed by atoms with E-state index in [2.05, 4.69) is 12.2 Å². The molecule has 0 aromatic heterocycles. The number of carboxylic acids is 1. The van der Waals surface area contributed by atoms with Gasteiger partial charge in [0.2, 0.25) is 5.91 Å². The third-order valence-electron chi connectivity index (χ3n) is 3.06. The van der Waals surface area contributed by atoms with Gasteiger partial charge in [-0.2, -0.15) is 0 Å². The Morgan fingerprint density at radius 3 is 2.41 bits per heavy atom. The van der Waals surface area contributed by atoms with E-state index >= 15 is 0 Å². The van der Waals surface area contributed by atoms with E-state index in [4.69, 9.17) is 5.11 Å². The fourth-order valence-electron chi connectivity index (χ4n) is 1.81. The van der Waals surface area contributed by atoms with Crippen LogP contribution in [0.15, 0.2) is 24.3 Å². The number of benzene rings is 1. The van der Waals surface area contributed by atoms with Crippen LogP contribution in [0.3, 0.4) is 0 Å². The Balaban J connectivity index is 2.22. The number of Topliss-reactive ketones (excluding diaryl/α,β-unsaturated/α-hetero) is 1. The van der Waals surface area contributed by atoms with Crippen LogP contribution in [-0.2, 0) is 16.0 Å². The van der Waals surface area contributed by atoms with E-state index < -0.39 is 5.97 Å². The molecule has 0 unspecified atom stereocenters. The number of hydrogen-bond acceptors (Lipinski definition) is 4. The molecule has 0 bridgehead atoms. The molecule has 22 heavy (non-hydrogen) atoms. The van der Waals surface area contributed by atoms with Crippen molar-refractivity contribution in [1.82, 2.24) is 5.32 Å². The molecule has 6 heteroatoms. The summed E-state index contributed by atoms with van der Waals surface area (Å²) in [5.74, 6) is -0.518. The van der Waals surface area contributed by atoms with Crippen LogP contribution in [0, 0.1) is 0 Å². The van der Waals surface area contributed by atoms with Gasteiger partial charge in [0, 0.05) is 30.7 Å². The van der Waals surface area contributed by atoms with Gasteiger partial charge in [-0.1, -0.05) is 31.2 Å². The van der Waals surface area contributed by atoms with Crippen molar-refractivity contribution in [2.75, 3.05) is 18.1 Å². The van der Waals surface area contributed by atoms with E-state index in [0.717, 1.165) is 6.42 Å². The second-order valence-corrected chi connectivity index (χ2v) is 5.88. The number of carbonyl (C=O) groups is 3. The highest BCUT2D eigenvalue weighted by atomic mass is 32.2.